The Bertz CT molecular complexity index is 1490. The minimum Gasteiger partial charge on any atom is -0.378 e. The van der Waals surface area contributed by atoms with Gasteiger partial charge in [-0.15, -0.1) is 0 Å². The van der Waals surface area contributed by atoms with Crippen molar-refractivity contribution < 1.29 is 21.6 Å². The first-order valence-electron chi connectivity index (χ1n) is 10.9. The maximum absolute atomic E-state index is 13.2. The topological polar surface area (TPSA) is 58.2 Å². The van der Waals surface area contributed by atoms with Crippen molar-refractivity contribution in [3.8, 4) is 0 Å². The Labute approximate surface area is 221 Å². The molecule has 0 fully saturated rings. The normalized spacial score (nSPS) is 21.0. The van der Waals surface area contributed by atoms with Crippen molar-refractivity contribution in [1.82, 2.24) is 0 Å². The van der Waals surface area contributed by atoms with Crippen LogP contribution in [0.5, 0.6) is 0 Å². The number of sulfonamides is 1. The van der Waals surface area contributed by atoms with Gasteiger partial charge in [-0.05, 0) is 72.0 Å². The number of allylic oxidation sites excluding steroid dienone is 2. The summed E-state index contributed by atoms with van der Waals surface area (Å²) in [7, 11) is -4.18. The lowest BCUT2D eigenvalue weighted by Gasteiger charge is -2.38. The maximum atomic E-state index is 13.2. The highest BCUT2D eigenvalue weighted by Gasteiger charge is 2.39. The lowest BCUT2D eigenvalue weighted by Crippen LogP contribution is -2.29. The van der Waals surface area contributed by atoms with Gasteiger partial charge >= 0.3 is 6.18 Å². The number of benzene rings is 3. The summed E-state index contributed by atoms with van der Waals surface area (Å²) < 4.78 is 68.0. The van der Waals surface area contributed by atoms with E-state index in [4.69, 9.17) is 34.8 Å². The Kier molecular flexibility index (Phi) is 6.44. The summed E-state index contributed by atoms with van der Waals surface area (Å²) in [5, 5.41) is 4.04. The molecule has 1 heterocycles. The SMILES string of the molecule is O=S(=O)(Nc1ccc(Cl)c(C(F)(F)F)c1)c1ccc2c(c1)[C@H]1C=CC[C@H]1[C@@H](c1ccc(Cl)cc1Cl)N2. The van der Waals surface area contributed by atoms with Crippen molar-refractivity contribution in [3.63, 3.8) is 0 Å². The molecule has 0 aromatic heterocycles. The predicted molar refractivity (Wildman–Crippen MR) is 137 cm³/mol. The van der Waals surface area contributed by atoms with Crippen molar-refractivity contribution in [2.45, 2.75) is 29.5 Å². The molecule has 4 nitrogen and oxygen atoms in total. The number of anilines is 2. The Hall–Kier alpha value is -2.39. The first-order valence-corrected chi connectivity index (χ1v) is 13.5. The van der Waals surface area contributed by atoms with Gasteiger partial charge in [0.05, 0.1) is 21.5 Å². The molecule has 2 aliphatic rings. The number of halogens is 6. The van der Waals surface area contributed by atoms with Crippen molar-refractivity contribution in [3.05, 3.63) is 98.5 Å². The minimum atomic E-state index is -4.72. The van der Waals surface area contributed by atoms with E-state index in [9.17, 15) is 21.6 Å². The van der Waals surface area contributed by atoms with Crippen LogP contribution in [0.2, 0.25) is 15.1 Å². The van der Waals surface area contributed by atoms with Crippen molar-refractivity contribution in [2.24, 2.45) is 5.92 Å². The lowest BCUT2D eigenvalue weighted by atomic mass is 9.77. The molecule has 11 heteroatoms. The summed E-state index contributed by atoms with van der Waals surface area (Å²) in [5.74, 6) is 0.0215. The molecule has 3 atom stereocenters. The Morgan fingerprint density at radius 1 is 0.917 bits per heavy atom. The fourth-order valence-electron chi connectivity index (χ4n) is 4.82. The zero-order valence-electron chi connectivity index (χ0n) is 18.3. The molecule has 3 aromatic rings. The minimum absolute atomic E-state index is 0.0615. The fraction of sp³-hybridized carbons (Fsp3) is 0.200. The number of hydrogen-bond donors (Lipinski definition) is 2. The van der Waals surface area contributed by atoms with E-state index in [0.717, 1.165) is 29.3 Å². The Balaban J connectivity index is 1.48. The van der Waals surface area contributed by atoms with E-state index in [1.54, 1.807) is 24.3 Å². The van der Waals surface area contributed by atoms with Gasteiger partial charge in [-0.25, -0.2) is 8.42 Å². The largest absolute Gasteiger partial charge is 0.417 e. The van der Waals surface area contributed by atoms with E-state index in [1.165, 1.54) is 12.1 Å². The third-order valence-electron chi connectivity index (χ3n) is 6.47. The van der Waals surface area contributed by atoms with Crippen LogP contribution in [0.15, 0.2) is 71.6 Å². The maximum Gasteiger partial charge on any atom is 0.417 e. The molecule has 1 aliphatic heterocycles. The van der Waals surface area contributed by atoms with E-state index in [0.29, 0.717) is 16.1 Å². The van der Waals surface area contributed by atoms with Crippen molar-refractivity contribution in [1.29, 1.82) is 0 Å². The Morgan fingerprint density at radius 2 is 1.69 bits per heavy atom. The molecule has 36 heavy (non-hydrogen) atoms. The van der Waals surface area contributed by atoms with Gasteiger partial charge in [0.1, 0.15) is 0 Å². The van der Waals surface area contributed by atoms with E-state index >= 15 is 0 Å². The van der Waals surface area contributed by atoms with Crippen molar-refractivity contribution in [2.75, 3.05) is 10.0 Å². The number of alkyl halides is 3. The average Bonchev–Trinajstić information content (AvgIpc) is 3.29. The number of nitrogens with one attached hydrogen (secondary N) is 2. The summed E-state index contributed by atoms with van der Waals surface area (Å²) in [6.07, 6.45) is 0.138. The Morgan fingerprint density at radius 3 is 2.42 bits per heavy atom. The monoisotopic (exact) mass is 572 g/mol. The van der Waals surface area contributed by atoms with Crippen LogP contribution >= 0.6 is 34.8 Å². The van der Waals surface area contributed by atoms with E-state index in [2.05, 4.69) is 16.1 Å². The summed E-state index contributed by atoms with van der Waals surface area (Å²) in [6.45, 7) is 0. The second kappa shape index (κ2) is 9.17. The van der Waals surface area contributed by atoms with E-state index in [1.807, 2.05) is 12.1 Å². The predicted octanol–water partition coefficient (Wildman–Crippen LogP) is 8.29. The molecule has 0 unspecified atom stereocenters. The molecule has 0 saturated carbocycles. The highest BCUT2D eigenvalue weighted by Crippen LogP contribution is 2.51. The number of fused-ring (bicyclic) bond motifs is 3. The quantitative estimate of drug-likeness (QED) is 0.309. The molecule has 0 saturated heterocycles. The van der Waals surface area contributed by atoms with Gasteiger partial charge in [-0.2, -0.15) is 13.2 Å². The molecule has 5 rings (SSSR count). The van der Waals surface area contributed by atoms with Gasteiger partial charge in [-0.1, -0.05) is 53.0 Å². The lowest BCUT2D eigenvalue weighted by molar-refractivity contribution is -0.137. The van der Waals surface area contributed by atoms with Crippen LogP contribution in [0.1, 0.15) is 35.1 Å². The molecule has 0 bridgehead atoms. The van der Waals surface area contributed by atoms with Gasteiger partial charge in [0.25, 0.3) is 10.0 Å². The standard InChI is InChI=1S/C25H18Cl3F3N2O2S/c26-13-4-7-18(22(28)10-13)24-17-3-1-2-16(17)19-12-15(6-9-23(19)32-24)36(34,35)33-14-5-8-21(27)20(11-14)25(29,30)31/h1-2,4-12,16-17,24,32-33H,3H2/t16-,17+,24-/m0/s1. The van der Waals surface area contributed by atoms with Gasteiger partial charge in [0, 0.05) is 27.3 Å². The summed E-state index contributed by atoms with van der Waals surface area (Å²) in [4.78, 5) is -0.0615. The van der Waals surface area contributed by atoms with Crippen LogP contribution in [-0.4, -0.2) is 8.42 Å². The van der Waals surface area contributed by atoms with Gasteiger partial charge in [0.15, 0.2) is 0 Å². The molecule has 0 spiro atoms. The van der Waals surface area contributed by atoms with Gasteiger partial charge < -0.3 is 5.32 Å². The van der Waals surface area contributed by atoms with Crippen LogP contribution in [0.3, 0.4) is 0 Å². The van der Waals surface area contributed by atoms with Crippen LogP contribution < -0.4 is 10.0 Å². The second-order valence-corrected chi connectivity index (χ2v) is 11.6. The van der Waals surface area contributed by atoms with Crippen LogP contribution in [0.25, 0.3) is 0 Å². The van der Waals surface area contributed by atoms with Crippen LogP contribution in [0, 0.1) is 5.92 Å². The van der Waals surface area contributed by atoms with Gasteiger partial charge in [0.2, 0.25) is 0 Å². The summed E-state index contributed by atoms with van der Waals surface area (Å²) in [6, 6.07) is 12.7. The van der Waals surface area contributed by atoms with Crippen LogP contribution in [-0.2, 0) is 16.2 Å². The first kappa shape index (κ1) is 25.3. The fourth-order valence-corrected chi connectivity index (χ4v) is 6.66. The molecule has 0 amide bonds. The zero-order valence-corrected chi connectivity index (χ0v) is 21.4. The molecule has 2 N–H and O–H groups in total. The number of hydrogen-bond acceptors (Lipinski definition) is 3. The molecular weight excluding hydrogens is 556 g/mol. The first-order chi connectivity index (χ1) is 16.9. The summed E-state index contributed by atoms with van der Waals surface area (Å²) in [5.41, 5.74) is 1.07. The molecule has 3 aromatic carbocycles. The molecule has 188 valence electrons. The second-order valence-electron chi connectivity index (χ2n) is 8.69. The molecule has 1 aliphatic carbocycles. The van der Waals surface area contributed by atoms with Crippen molar-refractivity contribution >= 4 is 56.2 Å². The van der Waals surface area contributed by atoms with Crippen LogP contribution in [0.4, 0.5) is 24.5 Å². The average molecular weight is 574 g/mol. The highest BCUT2D eigenvalue weighted by molar-refractivity contribution is 7.92. The molecule has 0 radical (unpaired) electrons. The number of rotatable bonds is 4. The molecular formula is C25H18Cl3F3N2O2S. The summed E-state index contributed by atoms with van der Waals surface area (Å²) >= 11 is 18.2. The third-order valence-corrected chi connectivity index (χ3v) is 8.74. The highest BCUT2D eigenvalue weighted by atomic mass is 35.5. The van der Waals surface area contributed by atoms with E-state index < -0.39 is 26.8 Å². The van der Waals surface area contributed by atoms with Gasteiger partial charge in [-0.3, -0.25) is 4.72 Å². The third kappa shape index (κ3) is 4.67. The smallest absolute Gasteiger partial charge is 0.378 e. The van der Waals surface area contributed by atoms with E-state index in [-0.39, 0.29) is 28.5 Å². The zero-order chi connectivity index (χ0) is 25.8.